The number of aromatic nitrogens is 1. The van der Waals surface area contributed by atoms with Crippen molar-refractivity contribution >= 4 is 11.7 Å². The average Bonchev–Trinajstić information content (AvgIpc) is 2.55. The molecule has 0 aliphatic carbocycles. The van der Waals surface area contributed by atoms with Crippen LogP contribution in [-0.2, 0) is 4.79 Å². The third kappa shape index (κ3) is 4.13. The highest BCUT2D eigenvalue weighted by Gasteiger charge is 2.29. The van der Waals surface area contributed by atoms with Crippen LogP contribution in [0.1, 0.15) is 45.1 Å². The van der Waals surface area contributed by atoms with E-state index >= 15 is 0 Å². The van der Waals surface area contributed by atoms with Crippen molar-refractivity contribution in [1.29, 1.82) is 0 Å². The molecule has 2 rings (SSSR count). The Hall–Kier alpha value is -1.75. The van der Waals surface area contributed by atoms with Gasteiger partial charge in [-0.05, 0) is 24.5 Å². The zero-order valence-electron chi connectivity index (χ0n) is 13.4. The van der Waals surface area contributed by atoms with Crippen LogP contribution >= 0.6 is 0 Å². The Morgan fingerprint density at radius 2 is 2.09 bits per heavy atom. The first-order valence-corrected chi connectivity index (χ1v) is 8.11. The summed E-state index contributed by atoms with van der Waals surface area (Å²) in [6, 6.07) is 3.70. The van der Waals surface area contributed by atoms with Crippen molar-refractivity contribution in [3.8, 4) is 0 Å². The summed E-state index contributed by atoms with van der Waals surface area (Å²) in [7, 11) is 0. The van der Waals surface area contributed by atoms with Gasteiger partial charge in [0.25, 0.3) is 5.91 Å². The van der Waals surface area contributed by atoms with Crippen molar-refractivity contribution in [3.63, 3.8) is 0 Å². The van der Waals surface area contributed by atoms with Gasteiger partial charge in [0, 0.05) is 24.5 Å². The summed E-state index contributed by atoms with van der Waals surface area (Å²) in [6.45, 7) is 5.53. The average molecular weight is 303 g/mol. The number of carbonyl (C=O) groups excluding carboxylic acids is 1. The SMILES string of the molecule is CCCCC(CC)CN1CC(O)C(=O)N=C1c1ccncc1. The van der Waals surface area contributed by atoms with Crippen molar-refractivity contribution in [2.24, 2.45) is 10.9 Å². The molecule has 2 heterocycles. The van der Waals surface area contributed by atoms with Gasteiger partial charge >= 0.3 is 0 Å². The summed E-state index contributed by atoms with van der Waals surface area (Å²) in [6.07, 6.45) is 7.01. The number of unbranched alkanes of at least 4 members (excludes halogenated alkanes) is 1. The van der Waals surface area contributed by atoms with Gasteiger partial charge in [-0.2, -0.15) is 4.99 Å². The number of amides is 1. The molecule has 1 N–H and O–H groups in total. The molecule has 5 nitrogen and oxygen atoms in total. The molecular weight excluding hydrogens is 278 g/mol. The second-order valence-corrected chi connectivity index (χ2v) is 5.85. The maximum Gasteiger partial charge on any atom is 0.278 e. The Morgan fingerprint density at radius 3 is 2.73 bits per heavy atom. The lowest BCUT2D eigenvalue weighted by molar-refractivity contribution is -0.127. The Labute approximate surface area is 132 Å². The lowest BCUT2D eigenvalue weighted by Gasteiger charge is -2.34. The molecule has 0 fully saturated rings. The number of nitrogens with zero attached hydrogens (tertiary/aromatic N) is 3. The minimum atomic E-state index is -1.02. The number of aliphatic imine (C=N–C) groups is 1. The molecule has 1 aromatic heterocycles. The van der Waals surface area contributed by atoms with Gasteiger partial charge in [0.2, 0.25) is 0 Å². The highest BCUT2D eigenvalue weighted by atomic mass is 16.3. The molecule has 0 radical (unpaired) electrons. The summed E-state index contributed by atoms with van der Waals surface area (Å²) >= 11 is 0. The van der Waals surface area contributed by atoms with E-state index in [1.807, 2.05) is 17.0 Å². The fraction of sp³-hybridized carbons (Fsp3) is 0.588. The van der Waals surface area contributed by atoms with Crippen LogP contribution in [0.2, 0.25) is 0 Å². The number of carbonyl (C=O) groups is 1. The third-order valence-electron chi connectivity index (χ3n) is 4.15. The lowest BCUT2D eigenvalue weighted by Crippen LogP contribution is -2.47. The van der Waals surface area contributed by atoms with Gasteiger partial charge in [0.15, 0.2) is 6.10 Å². The van der Waals surface area contributed by atoms with E-state index in [1.165, 1.54) is 12.8 Å². The van der Waals surface area contributed by atoms with Gasteiger partial charge in [0.05, 0.1) is 6.54 Å². The second-order valence-electron chi connectivity index (χ2n) is 5.85. The molecule has 2 atom stereocenters. The number of pyridine rings is 1. The van der Waals surface area contributed by atoms with Crippen molar-refractivity contribution in [3.05, 3.63) is 30.1 Å². The lowest BCUT2D eigenvalue weighted by atomic mass is 9.97. The molecule has 0 saturated heterocycles. The minimum absolute atomic E-state index is 0.322. The van der Waals surface area contributed by atoms with Crippen molar-refractivity contribution in [2.75, 3.05) is 13.1 Å². The summed E-state index contributed by atoms with van der Waals surface area (Å²) in [5.74, 6) is 0.754. The van der Waals surface area contributed by atoms with Crippen LogP contribution in [0, 0.1) is 5.92 Å². The Kier molecular flexibility index (Phi) is 6.07. The molecular formula is C17H25N3O2. The van der Waals surface area contributed by atoms with E-state index in [0.29, 0.717) is 18.3 Å². The van der Waals surface area contributed by atoms with Gasteiger partial charge in [-0.3, -0.25) is 9.78 Å². The normalized spacial score (nSPS) is 20.0. The van der Waals surface area contributed by atoms with Crippen LogP contribution in [0.5, 0.6) is 0 Å². The van der Waals surface area contributed by atoms with Gasteiger partial charge in [-0.15, -0.1) is 0 Å². The van der Waals surface area contributed by atoms with Crippen molar-refractivity contribution < 1.29 is 9.90 Å². The molecule has 2 unspecified atom stereocenters. The summed E-state index contributed by atoms with van der Waals surface area (Å²) < 4.78 is 0. The maximum absolute atomic E-state index is 11.8. The molecule has 1 aliphatic heterocycles. The van der Waals surface area contributed by atoms with E-state index < -0.39 is 12.0 Å². The van der Waals surface area contributed by atoms with Crippen LogP contribution in [0.3, 0.4) is 0 Å². The second kappa shape index (κ2) is 8.03. The molecule has 0 bridgehead atoms. The zero-order valence-corrected chi connectivity index (χ0v) is 13.4. The first kappa shape index (κ1) is 16.6. The van der Waals surface area contributed by atoms with Crippen LogP contribution in [0.25, 0.3) is 0 Å². The number of amidine groups is 1. The van der Waals surface area contributed by atoms with Gasteiger partial charge in [-0.1, -0.05) is 33.1 Å². The number of rotatable bonds is 7. The molecule has 1 aliphatic rings. The number of β-amino-alcohol motifs (C(OH)–C–C–N with tert-alkyl or cyclic N) is 1. The number of aliphatic hydroxyl groups excluding tert-OH is 1. The summed E-state index contributed by atoms with van der Waals surface area (Å²) in [5, 5.41) is 9.86. The topological polar surface area (TPSA) is 65.8 Å². The minimum Gasteiger partial charge on any atom is -0.381 e. The standard InChI is InChI=1S/C17H25N3O2/c1-3-5-6-13(4-2)11-20-12-15(21)17(22)19-16(20)14-7-9-18-10-8-14/h7-10,13,15,21H,3-6,11-12H2,1-2H3. The van der Waals surface area contributed by atoms with Crippen LogP contribution < -0.4 is 0 Å². The van der Waals surface area contributed by atoms with E-state index in [4.69, 9.17) is 0 Å². The highest BCUT2D eigenvalue weighted by molar-refractivity contribution is 6.07. The van der Waals surface area contributed by atoms with Gasteiger partial charge in [0.1, 0.15) is 5.84 Å². The molecule has 1 amide bonds. The largest absolute Gasteiger partial charge is 0.381 e. The van der Waals surface area contributed by atoms with E-state index in [9.17, 15) is 9.90 Å². The van der Waals surface area contributed by atoms with E-state index in [-0.39, 0.29) is 0 Å². The Balaban J connectivity index is 2.19. The first-order valence-electron chi connectivity index (χ1n) is 8.11. The number of hydrogen-bond acceptors (Lipinski definition) is 4. The van der Waals surface area contributed by atoms with E-state index in [2.05, 4.69) is 23.8 Å². The third-order valence-corrected chi connectivity index (χ3v) is 4.15. The molecule has 1 aromatic rings. The summed E-state index contributed by atoms with van der Waals surface area (Å²) in [4.78, 5) is 21.9. The van der Waals surface area contributed by atoms with Crippen LogP contribution in [0.15, 0.2) is 29.5 Å². The van der Waals surface area contributed by atoms with Crippen LogP contribution in [-0.4, -0.2) is 45.9 Å². The molecule has 0 aromatic carbocycles. The zero-order chi connectivity index (χ0) is 15.9. The molecule has 0 saturated carbocycles. The van der Waals surface area contributed by atoms with Gasteiger partial charge in [-0.25, -0.2) is 0 Å². The molecule has 22 heavy (non-hydrogen) atoms. The quantitative estimate of drug-likeness (QED) is 0.839. The monoisotopic (exact) mass is 303 g/mol. The number of aliphatic hydroxyl groups is 1. The molecule has 120 valence electrons. The Morgan fingerprint density at radius 1 is 1.36 bits per heavy atom. The Bertz CT molecular complexity index is 516. The summed E-state index contributed by atoms with van der Waals surface area (Å²) in [5.41, 5.74) is 0.876. The smallest absolute Gasteiger partial charge is 0.278 e. The fourth-order valence-corrected chi connectivity index (χ4v) is 2.76. The molecule has 5 heteroatoms. The number of hydrogen-bond donors (Lipinski definition) is 1. The fourth-order valence-electron chi connectivity index (χ4n) is 2.76. The van der Waals surface area contributed by atoms with E-state index in [0.717, 1.165) is 24.9 Å². The van der Waals surface area contributed by atoms with Crippen LogP contribution in [0.4, 0.5) is 0 Å². The predicted molar refractivity (Wildman–Crippen MR) is 86.7 cm³/mol. The first-order chi connectivity index (χ1) is 10.7. The van der Waals surface area contributed by atoms with Crippen molar-refractivity contribution in [1.82, 2.24) is 9.88 Å². The molecule has 0 spiro atoms. The van der Waals surface area contributed by atoms with Crippen molar-refractivity contribution in [2.45, 2.75) is 45.6 Å². The maximum atomic E-state index is 11.8. The van der Waals surface area contributed by atoms with Gasteiger partial charge < -0.3 is 10.0 Å². The predicted octanol–water partition coefficient (Wildman–Crippen LogP) is 2.25. The highest BCUT2D eigenvalue weighted by Crippen LogP contribution is 2.19. The van der Waals surface area contributed by atoms with E-state index in [1.54, 1.807) is 12.4 Å².